The summed E-state index contributed by atoms with van der Waals surface area (Å²) in [6, 6.07) is 2.02. The van der Waals surface area contributed by atoms with Crippen LogP contribution in [0.15, 0.2) is 16.7 Å². The summed E-state index contributed by atoms with van der Waals surface area (Å²) in [7, 11) is 0. The molecule has 132 valence electrons. The van der Waals surface area contributed by atoms with Crippen molar-refractivity contribution in [3.05, 3.63) is 17.9 Å². The van der Waals surface area contributed by atoms with E-state index in [9.17, 15) is 4.79 Å². The number of esters is 1. The number of hydrogen-bond donors (Lipinski definition) is 0. The summed E-state index contributed by atoms with van der Waals surface area (Å²) >= 11 is -2.54. The van der Waals surface area contributed by atoms with Crippen LogP contribution in [0, 0.1) is 0 Å². The first-order valence-corrected chi connectivity index (χ1v) is 16.9. The number of carbonyl (C=O) groups is 1. The number of unbranched alkanes of at least 4 members (excludes halogenated alkanes) is 3. The Morgan fingerprint density at radius 1 is 1.00 bits per heavy atom. The van der Waals surface area contributed by atoms with E-state index in [1.165, 1.54) is 55.6 Å². The molecular weight excluding hydrogens is 395 g/mol. The summed E-state index contributed by atoms with van der Waals surface area (Å²) in [5.74, 6) is -0.246. The summed E-state index contributed by atoms with van der Waals surface area (Å²) < 4.78 is 16.3. The Bertz CT molecular complexity index is 431. The van der Waals surface area contributed by atoms with Crippen molar-refractivity contribution in [2.45, 2.75) is 79.5 Å². The maximum atomic E-state index is 12.0. The molecule has 4 heteroatoms. The van der Waals surface area contributed by atoms with Gasteiger partial charge in [0.15, 0.2) is 0 Å². The number of rotatable bonds is 12. The van der Waals surface area contributed by atoms with Crippen molar-refractivity contribution in [3.63, 3.8) is 0 Å². The van der Waals surface area contributed by atoms with Crippen LogP contribution in [0.5, 0.6) is 0 Å². The Labute approximate surface area is 146 Å². The molecule has 0 aromatic carbocycles. The molecule has 1 heterocycles. The number of furan rings is 1. The predicted molar refractivity (Wildman–Crippen MR) is 99.2 cm³/mol. The van der Waals surface area contributed by atoms with Crippen LogP contribution in [0.4, 0.5) is 0 Å². The number of carbonyl (C=O) groups excluding carboxylic acids is 1. The average Bonchev–Trinajstić information content (AvgIpc) is 3.05. The first-order chi connectivity index (χ1) is 11.1. The van der Waals surface area contributed by atoms with Crippen molar-refractivity contribution < 1.29 is 13.9 Å². The molecule has 0 aliphatic heterocycles. The van der Waals surface area contributed by atoms with E-state index in [1.807, 2.05) is 13.0 Å². The third-order valence-electron chi connectivity index (χ3n) is 4.66. The molecule has 0 radical (unpaired) electrons. The maximum absolute atomic E-state index is 12.0. The average molecular weight is 429 g/mol. The molecule has 0 spiro atoms. The first kappa shape index (κ1) is 20.6. The topological polar surface area (TPSA) is 39.4 Å². The fourth-order valence-electron chi connectivity index (χ4n) is 3.23. The van der Waals surface area contributed by atoms with E-state index in [4.69, 9.17) is 9.15 Å². The third-order valence-corrected chi connectivity index (χ3v) is 19.6. The zero-order chi connectivity index (χ0) is 17.1. The Hall–Kier alpha value is -0.451. The van der Waals surface area contributed by atoms with E-state index < -0.39 is 18.4 Å². The van der Waals surface area contributed by atoms with Gasteiger partial charge in [0.1, 0.15) is 0 Å². The number of ether oxygens (including phenoxy) is 1. The summed E-state index contributed by atoms with van der Waals surface area (Å²) in [4.78, 5) is 12.0. The Morgan fingerprint density at radius 3 is 1.96 bits per heavy atom. The number of hydrogen-bond acceptors (Lipinski definition) is 3. The van der Waals surface area contributed by atoms with Crippen LogP contribution in [-0.2, 0) is 4.74 Å². The van der Waals surface area contributed by atoms with E-state index >= 15 is 0 Å². The fraction of sp³-hybridized carbons (Fsp3) is 0.737. The van der Waals surface area contributed by atoms with Crippen molar-refractivity contribution in [1.82, 2.24) is 0 Å². The van der Waals surface area contributed by atoms with E-state index in [0.29, 0.717) is 12.2 Å². The fourth-order valence-corrected chi connectivity index (χ4v) is 18.5. The molecule has 0 fully saturated rings. The van der Waals surface area contributed by atoms with Gasteiger partial charge in [-0.3, -0.25) is 0 Å². The Morgan fingerprint density at radius 2 is 1.52 bits per heavy atom. The summed E-state index contributed by atoms with van der Waals surface area (Å²) in [5.41, 5.74) is 0.604. The van der Waals surface area contributed by atoms with Gasteiger partial charge in [-0.2, -0.15) is 0 Å². The molecule has 1 aromatic heterocycles. The van der Waals surface area contributed by atoms with Gasteiger partial charge in [0.2, 0.25) is 0 Å². The van der Waals surface area contributed by atoms with E-state index in [1.54, 1.807) is 6.26 Å². The second-order valence-electron chi connectivity index (χ2n) is 6.51. The van der Waals surface area contributed by atoms with E-state index in [0.717, 1.165) is 0 Å². The minimum atomic E-state index is -2.54. The molecule has 0 bridgehead atoms. The Kier molecular flexibility index (Phi) is 10.00. The zero-order valence-electron chi connectivity index (χ0n) is 15.5. The van der Waals surface area contributed by atoms with Crippen LogP contribution in [0.25, 0.3) is 0 Å². The van der Waals surface area contributed by atoms with Crippen LogP contribution in [0.1, 0.15) is 76.6 Å². The van der Waals surface area contributed by atoms with Crippen molar-refractivity contribution in [1.29, 1.82) is 0 Å². The van der Waals surface area contributed by atoms with Crippen LogP contribution in [0.2, 0.25) is 13.3 Å². The zero-order valence-corrected chi connectivity index (χ0v) is 18.3. The van der Waals surface area contributed by atoms with Crippen molar-refractivity contribution in [2.24, 2.45) is 0 Å². The van der Waals surface area contributed by atoms with Gasteiger partial charge in [-0.1, -0.05) is 0 Å². The van der Waals surface area contributed by atoms with Gasteiger partial charge in [0.05, 0.1) is 0 Å². The molecule has 3 nitrogen and oxygen atoms in total. The molecule has 0 unspecified atom stereocenters. The second-order valence-corrected chi connectivity index (χ2v) is 19.5. The van der Waals surface area contributed by atoms with Crippen LogP contribution in [0.3, 0.4) is 0 Å². The third kappa shape index (κ3) is 6.16. The quantitative estimate of drug-likeness (QED) is 0.325. The standard InChI is InChI=1S/C7H7O3.3C4H9.Sn/c1-2-10-7(8)6-3-4-9-5-6;3*1-3-4-2;/h3,5H,2H2,1H3;3*1,3-4H2,2H3;. The summed E-state index contributed by atoms with van der Waals surface area (Å²) in [5, 5.41) is 0. The van der Waals surface area contributed by atoms with Crippen LogP contribution >= 0.6 is 0 Å². The van der Waals surface area contributed by atoms with Gasteiger partial charge in [0, 0.05) is 0 Å². The van der Waals surface area contributed by atoms with Crippen LogP contribution < -0.4 is 3.78 Å². The molecule has 0 N–H and O–H groups in total. The van der Waals surface area contributed by atoms with Gasteiger partial charge >= 0.3 is 146 Å². The van der Waals surface area contributed by atoms with Crippen molar-refractivity contribution in [3.8, 4) is 0 Å². The molecule has 1 rings (SSSR count). The van der Waals surface area contributed by atoms with E-state index in [2.05, 4.69) is 20.8 Å². The monoisotopic (exact) mass is 430 g/mol. The summed E-state index contributed by atoms with van der Waals surface area (Å²) in [6.07, 6.45) is 9.22. The minimum absolute atomic E-state index is 0.246. The molecular formula is C19H34O3Sn. The molecule has 0 saturated carbocycles. The second kappa shape index (κ2) is 11.2. The molecule has 0 saturated heterocycles. The van der Waals surface area contributed by atoms with Gasteiger partial charge in [-0.15, -0.1) is 0 Å². The van der Waals surface area contributed by atoms with Gasteiger partial charge in [-0.05, 0) is 0 Å². The van der Waals surface area contributed by atoms with E-state index in [-0.39, 0.29) is 5.97 Å². The molecule has 0 amide bonds. The Balaban J connectivity index is 3.06. The van der Waals surface area contributed by atoms with Crippen LogP contribution in [-0.4, -0.2) is 31.0 Å². The predicted octanol–water partition coefficient (Wildman–Crippen LogP) is 5.51. The van der Waals surface area contributed by atoms with Gasteiger partial charge in [0.25, 0.3) is 0 Å². The van der Waals surface area contributed by atoms with Crippen molar-refractivity contribution in [2.75, 3.05) is 6.61 Å². The van der Waals surface area contributed by atoms with Crippen molar-refractivity contribution >= 4 is 28.1 Å². The normalized spacial score (nSPS) is 11.7. The SMILES string of the molecule is CCC[CH2][Sn]([CH2]CCC)([CH2]CCC)[c]1cc(C(=O)OCC)co1. The van der Waals surface area contributed by atoms with Gasteiger partial charge in [-0.25, -0.2) is 0 Å². The molecule has 0 atom stereocenters. The molecule has 23 heavy (non-hydrogen) atoms. The first-order valence-electron chi connectivity index (χ1n) is 9.39. The molecule has 1 aromatic rings. The summed E-state index contributed by atoms with van der Waals surface area (Å²) in [6.45, 7) is 9.05. The molecule has 0 aliphatic rings. The van der Waals surface area contributed by atoms with Gasteiger partial charge < -0.3 is 0 Å². The molecule has 0 aliphatic carbocycles.